The number of carbonyl (C=O) groups is 3. The van der Waals surface area contributed by atoms with E-state index in [0.717, 1.165) is 5.56 Å². The summed E-state index contributed by atoms with van der Waals surface area (Å²) in [6.07, 6.45) is 2.84. The summed E-state index contributed by atoms with van der Waals surface area (Å²) >= 11 is 5.90. The van der Waals surface area contributed by atoms with Crippen LogP contribution < -0.4 is 10.6 Å². The fourth-order valence-corrected chi connectivity index (χ4v) is 2.89. The van der Waals surface area contributed by atoms with Gasteiger partial charge in [0.2, 0.25) is 0 Å². The van der Waals surface area contributed by atoms with Crippen LogP contribution in [0.4, 0.5) is 0 Å². The number of carbonyl (C=O) groups excluding carboxylic acids is 2. The average Bonchev–Trinajstić information content (AvgIpc) is 3.30. The molecular formula is C23H19ClN2O5. The Morgan fingerprint density at radius 1 is 1.00 bits per heavy atom. The van der Waals surface area contributed by atoms with Crippen molar-refractivity contribution in [3.8, 4) is 0 Å². The summed E-state index contributed by atoms with van der Waals surface area (Å²) in [5.74, 6) is -2.58. The second-order valence-electron chi connectivity index (χ2n) is 6.59. The molecule has 0 aliphatic rings. The standard InChI is InChI=1S/C23H19ClN2O5/c24-17-10-8-16(9-11-17)13-18(25-22(28)20-7-4-12-31-20)21(27)26-19(23(29)30)14-15-5-2-1-3-6-15/h1-13,19H,14H2,(H,25,28)(H,26,27)(H,29,30)/b18-13-/t19-/m1/s1. The molecule has 3 aromatic rings. The third kappa shape index (κ3) is 6.32. The molecule has 2 amide bonds. The molecule has 1 aromatic heterocycles. The molecule has 0 aliphatic carbocycles. The number of aliphatic carboxylic acids is 1. The van der Waals surface area contributed by atoms with Crippen LogP contribution in [0, 0.1) is 0 Å². The predicted octanol–water partition coefficient (Wildman–Crippen LogP) is 3.52. The minimum atomic E-state index is -1.19. The van der Waals surface area contributed by atoms with E-state index in [1.807, 2.05) is 6.07 Å². The van der Waals surface area contributed by atoms with Crippen LogP contribution in [0.2, 0.25) is 5.02 Å². The molecular weight excluding hydrogens is 420 g/mol. The summed E-state index contributed by atoms with van der Waals surface area (Å²) in [5, 5.41) is 15.0. The monoisotopic (exact) mass is 438 g/mol. The maximum Gasteiger partial charge on any atom is 0.326 e. The number of carboxylic acids is 1. The van der Waals surface area contributed by atoms with Gasteiger partial charge in [0, 0.05) is 11.4 Å². The summed E-state index contributed by atoms with van der Waals surface area (Å²) in [6, 6.07) is 17.3. The highest BCUT2D eigenvalue weighted by molar-refractivity contribution is 6.30. The quantitative estimate of drug-likeness (QED) is 0.466. The van der Waals surface area contributed by atoms with E-state index in [-0.39, 0.29) is 17.9 Å². The summed E-state index contributed by atoms with van der Waals surface area (Å²) in [4.78, 5) is 37.0. The fourth-order valence-electron chi connectivity index (χ4n) is 2.76. The number of halogens is 1. The van der Waals surface area contributed by atoms with Gasteiger partial charge in [0.25, 0.3) is 11.8 Å². The molecule has 1 atom stereocenters. The number of amides is 2. The minimum absolute atomic E-state index is 0.00822. The molecule has 0 unspecified atom stereocenters. The van der Waals surface area contributed by atoms with Crippen molar-refractivity contribution in [2.75, 3.05) is 0 Å². The molecule has 0 fully saturated rings. The van der Waals surface area contributed by atoms with Crippen LogP contribution in [-0.2, 0) is 16.0 Å². The Morgan fingerprint density at radius 3 is 2.32 bits per heavy atom. The Hall–Kier alpha value is -3.84. The molecule has 3 N–H and O–H groups in total. The Bertz CT molecular complexity index is 1080. The van der Waals surface area contributed by atoms with Gasteiger partial charge in [-0.1, -0.05) is 54.1 Å². The third-order valence-electron chi connectivity index (χ3n) is 4.30. The van der Waals surface area contributed by atoms with E-state index in [9.17, 15) is 19.5 Å². The van der Waals surface area contributed by atoms with Crippen LogP contribution in [0.3, 0.4) is 0 Å². The van der Waals surface area contributed by atoms with E-state index in [4.69, 9.17) is 16.0 Å². The largest absolute Gasteiger partial charge is 0.480 e. The van der Waals surface area contributed by atoms with Crippen molar-refractivity contribution < 1.29 is 23.9 Å². The highest BCUT2D eigenvalue weighted by Gasteiger charge is 2.24. The number of rotatable bonds is 8. The summed E-state index contributed by atoms with van der Waals surface area (Å²) in [6.45, 7) is 0. The van der Waals surface area contributed by atoms with Crippen LogP contribution in [0.5, 0.6) is 0 Å². The number of benzene rings is 2. The zero-order valence-corrected chi connectivity index (χ0v) is 17.0. The zero-order chi connectivity index (χ0) is 22.2. The van der Waals surface area contributed by atoms with Crippen LogP contribution in [0.1, 0.15) is 21.7 Å². The number of nitrogens with one attached hydrogen (secondary N) is 2. The first-order valence-corrected chi connectivity index (χ1v) is 9.70. The predicted molar refractivity (Wildman–Crippen MR) is 115 cm³/mol. The molecule has 31 heavy (non-hydrogen) atoms. The Labute approximate surface area is 183 Å². The highest BCUT2D eigenvalue weighted by Crippen LogP contribution is 2.13. The molecule has 0 radical (unpaired) electrons. The van der Waals surface area contributed by atoms with Gasteiger partial charge >= 0.3 is 5.97 Å². The lowest BCUT2D eigenvalue weighted by molar-refractivity contribution is -0.141. The molecule has 0 bridgehead atoms. The van der Waals surface area contributed by atoms with E-state index in [2.05, 4.69) is 10.6 Å². The van der Waals surface area contributed by atoms with E-state index in [1.54, 1.807) is 48.5 Å². The minimum Gasteiger partial charge on any atom is -0.480 e. The number of carboxylic acid groups (broad SMARTS) is 1. The first-order valence-electron chi connectivity index (χ1n) is 9.32. The fraction of sp³-hybridized carbons (Fsp3) is 0.0870. The molecule has 1 heterocycles. The van der Waals surface area contributed by atoms with Gasteiger partial charge in [0.15, 0.2) is 5.76 Å². The maximum absolute atomic E-state index is 12.9. The highest BCUT2D eigenvalue weighted by atomic mass is 35.5. The second kappa shape index (κ2) is 10.3. The average molecular weight is 439 g/mol. The lowest BCUT2D eigenvalue weighted by atomic mass is 10.1. The van der Waals surface area contributed by atoms with Crippen LogP contribution in [0.25, 0.3) is 6.08 Å². The summed E-state index contributed by atoms with van der Waals surface area (Å²) in [5.41, 5.74) is 1.20. The maximum atomic E-state index is 12.9. The summed E-state index contributed by atoms with van der Waals surface area (Å²) in [7, 11) is 0. The number of hydrogen-bond donors (Lipinski definition) is 3. The van der Waals surface area contributed by atoms with Gasteiger partial charge in [-0.05, 0) is 41.5 Å². The lowest BCUT2D eigenvalue weighted by Gasteiger charge is -2.16. The van der Waals surface area contributed by atoms with E-state index in [1.165, 1.54) is 24.5 Å². The Kier molecular flexibility index (Phi) is 7.24. The van der Waals surface area contributed by atoms with Crippen LogP contribution in [0.15, 0.2) is 83.1 Å². The van der Waals surface area contributed by atoms with Crippen molar-refractivity contribution in [2.24, 2.45) is 0 Å². The molecule has 2 aromatic carbocycles. The van der Waals surface area contributed by atoms with Gasteiger partial charge in [0.1, 0.15) is 11.7 Å². The van der Waals surface area contributed by atoms with Crippen LogP contribution >= 0.6 is 11.6 Å². The van der Waals surface area contributed by atoms with E-state index >= 15 is 0 Å². The molecule has 0 spiro atoms. The van der Waals surface area contributed by atoms with Crippen molar-refractivity contribution >= 4 is 35.5 Å². The first-order chi connectivity index (χ1) is 14.9. The second-order valence-corrected chi connectivity index (χ2v) is 7.03. The van der Waals surface area contributed by atoms with E-state index in [0.29, 0.717) is 10.6 Å². The SMILES string of the molecule is O=C(N[C@H](Cc1ccccc1)C(=O)O)/C(=C/c1ccc(Cl)cc1)NC(=O)c1ccco1. The van der Waals surface area contributed by atoms with Gasteiger partial charge in [0.05, 0.1) is 6.26 Å². The van der Waals surface area contributed by atoms with Crippen molar-refractivity contribution in [3.05, 3.63) is 101 Å². The van der Waals surface area contributed by atoms with Gasteiger partial charge < -0.3 is 20.2 Å². The topological polar surface area (TPSA) is 109 Å². The smallest absolute Gasteiger partial charge is 0.326 e. The third-order valence-corrected chi connectivity index (χ3v) is 4.56. The van der Waals surface area contributed by atoms with E-state index < -0.39 is 23.8 Å². The number of hydrogen-bond acceptors (Lipinski definition) is 4. The van der Waals surface area contributed by atoms with Gasteiger partial charge in [-0.2, -0.15) is 0 Å². The lowest BCUT2D eigenvalue weighted by Crippen LogP contribution is -2.45. The Balaban J connectivity index is 1.83. The molecule has 3 rings (SSSR count). The molecule has 8 heteroatoms. The van der Waals surface area contributed by atoms with Gasteiger partial charge in [-0.15, -0.1) is 0 Å². The zero-order valence-electron chi connectivity index (χ0n) is 16.2. The van der Waals surface area contributed by atoms with Gasteiger partial charge in [-0.25, -0.2) is 4.79 Å². The van der Waals surface area contributed by atoms with Crippen molar-refractivity contribution in [1.82, 2.24) is 10.6 Å². The normalized spacial score (nSPS) is 12.1. The van der Waals surface area contributed by atoms with Gasteiger partial charge in [-0.3, -0.25) is 9.59 Å². The first kappa shape index (κ1) is 21.9. The Morgan fingerprint density at radius 2 is 1.71 bits per heavy atom. The molecule has 7 nitrogen and oxygen atoms in total. The molecule has 0 saturated heterocycles. The number of furan rings is 1. The molecule has 0 aliphatic heterocycles. The summed E-state index contributed by atoms with van der Waals surface area (Å²) < 4.78 is 5.06. The van der Waals surface area contributed by atoms with Crippen LogP contribution in [-0.4, -0.2) is 28.9 Å². The molecule has 0 saturated carbocycles. The van der Waals surface area contributed by atoms with Crippen molar-refractivity contribution in [2.45, 2.75) is 12.5 Å². The molecule has 158 valence electrons. The van der Waals surface area contributed by atoms with Crippen molar-refractivity contribution in [1.29, 1.82) is 0 Å². The van der Waals surface area contributed by atoms with Crippen molar-refractivity contribution in [3.63, 3.8) is 0 Å².